The molecule has 1 aromatic rings. The van der Waals surface area contributed by atoms with Gasteiger partial charge in [0.15, 0.2) is 0 Å². The van der Waals surface area contributed by atoms with E-state index in [9.17, 15) is 19.0 Å². The van der Waals surface area contributed by atoms with Crippen LogP contribution in [0.1, 0.15) is 18.0 Å². The highest BCUT2D eigenvalue weighted by molar-refractivity contribution is 5.50. The third-order valence-electron chi connectivity index (χ3n) is 1.92. The Labute approximate surface area is 84.6 Å². The molecular formula is C9H11F2NO3. The molecule has 0 amide bonds. The summed E-state index contributed by atoms with van der Waals surface area (Å²) in [6, 6.07) is 0.687. The SMILES string of the molecule is N[C@@H](CC(F)F)c1c(O)cc(O)cc1O. The third kappa shape index (κ3) is 2.69. The molecule has 0 bridgehead atoms. The molecule has 0 aliphatic heterocycles. The van der Waals surface area contributed by atoms with Crippen LogP contribution in [0.25, 0.3) is 0 Å². The van der Waals surface area contributed by atoms with E-state index >= 15 is 0 Å². The Kier molecular flexibility index (Phi) is 3.31. The first-order valence-corrected chi connectivity index (χ1v) is 4.20. The van der Waals surface area contributed by atoms with Crippen LogP contribution in [0.15, 0.2) is 12.1 Å². The van der Waals surface area contributed by atoms with Crippen LogP contribution in [-0.2, 0) is 0 Å². The van der Waals surface area contributed by atoms with Gasteiger partial charge < -0.3 is 21.1 Å². The highest BCUT2D eigenvalue weighted by Crippen LogP contribution is 2.37. The molecule has 0 aliphatic carbocycles. The Morgan fingerprint density at radius 3 is 2.00 bits per heavy atom. The van der Waals surface area contributed by atoms with Crippen molar-refractivity contribution in [2.24, 2.45) is 5.73 Å². The van der Waals surface area contributed by atoms with Gasteiger partial charge in [0.25, 0.3) is 0 Å². The molecule has 5 N–H and O–H groups in total. The van der Waals surface area contributed by atoms with Gasteiger partial charge in [0.1, 0.15) is 17.2 Å². The molecule has 15 heavy (non-hydrogen) atoms. The zero-order valence-corrected chi connectivity index (χ0v) is 7.69. The maximum absolute atomic E-state index is 12.0. The van der Waals surface area contributed by atoms with Crippen LogP contribution < -0.4 is 5.73 Å². The third-order valence-corrected chi connectivity index (χ3v) is 1.92. The van der Waals surface area contributed by atoms with E-state index in [2.05, 4.69) is 0 Å². The van der Waals surface area contributed by atoms with E-state index in [1.807, 2.05) is 0 Å². The standard InChI is InChI=1S/C9H11F2NO3/c10-8(11)3-5(12)9-6(14)1-4(13)2-7(9)15/h1-2,5,8,13-15H,3,12H2/t5-/m0/s1. The van der Waals surface area contributed by atoms with Gasteiger partial charge in [0.2, 0.25) is 6.43 Å². The van der Waals surface area contributed by atoms with Crippen molar-refractivity contribution in [2.45, 2.75) is 18.9 Å². The van der Waals surface area contributed by atoms with Gasteiger partial charge in [0, 0.05) is 24.6 Å². The number of halogens is 2. The van der Waals surface area contributed by atoms with Gasteiger partial charge in [0.05, 0.1) is 5.56 Å². The normalized spacial score (nSPS) is 13.1. The summed E-state index contributed by atoms with van der Waals surface area (Å²) < 4.78 is 24.0. The topological polar surface area (TPSA) is 86.7 Å². The fourth-order valence-corrected chi connectivity index (χ4v) is 1.30. The van der Waals surface area contributed by atoms with Crippen molar-refractivity contribution in [1.29, 1.82) is 0 Å². The maximum atomic E-state index is 12.0. The van der Waals surface area contributed by atoms with Gasteiger partial charge in [-0.15, -0.1) is 0 Å². The van der Waals surface area contributed by atoms with E-state index in [1.165, 1.54) is 0 Å². The molecule has 1 atom stereocenters. The number of benzene rings is 1. The second-order valence-electron chi connectivity index (χ2n) is 3.13. The Bertz CT molecular complexity index is 334. The molecule has 1 rings (SSSR count). The van der Waals surface area contributed by atoms with Crippen molar-refractivity contribution in [2.75, 3.05) is 0 Å². The molecule has 0 unspecified atom stereocenters. The van der Waals surface area contributed by atoms with Crippen molar-refractivity contribution in [1.82, 2.24) is 0 Å². The predicted octanol–water partition coefficient (Wildman–Crippen LogP) is 1.46. The number of hydrogen-bond donors (Lipinski definition) is 4. The van der Waals surface area contributed by atoms with E-state index in [4.69, 9.17) is 10.8 Å². The van der Waals surface area contributed by atoms with Gasteiger partial charge in [-0.2, -0.15) is 0 Å². The Morgan fingerprint density at radius 1 is 1.13 bits per heavy atom. The van der Waals surface area contributed by atoms with E-state index in [1.54, 1.807) is 0 Å². The van der Waals surface area contributed by atoms with Crippen LogP contribution in [0.5, 0.6) is 17.2 Å². The molecule has 1 aromatic carbocycles. The molecule has 0 heterocycles. The minimum Gasteiger partial charge on any atom is -0.508 e. The Balaban J connectivity index is 3.03. The van der Waals surface area contributed by atoms with Gasteiger partial charge in [-0.1, -0.05) is 0 Å². The summed E-state index contributed by atoms with van der Waals surface area (Å²) in [4.78, 5) is 0. The van der Waals surface area contributed by atoms with Gasteiger partial charge in [-0.3, -0.25) is 0 Å². The molecule has 0 aromatic heterocycles. The maximum Gasteiger partial charge on any atom is 0.240 e. The van der Waals surface area contributed by atoms with Crippen LogP contribution in [0.3, 0.4) is 0 Å². The number of rotatable bonds is 3. The van der Waals surface area contributed by atoms with Crippen LogP contribution in [-0.4, -0.2) is 21.7 Å². The molecule has 0 aliphatic rings. The smallest absolute Gasteiger partial charge is 0.240 e. The highest BCUT2D eigenvalue weighted by Gasteiger charge is 2.20. The van der Waals surface area contributed by atoms with E-state index in [0.29, 0.717) is 0 Å². The lowest BCUT2D eigenvalue weighted by Gasteiger charge is -2.14. The largest absolute Gasteiger partial charge is 0.508 e. The fraction of sp³-hybridized carbons (Fsp3) is 0.333. The Morgan fingerprint density at radius 2 is 1.60 bits per heavy atom. The molecule has 0 saturated carbocycles. The first-order chi connectivity index (χ1) is 6.91. The molecule has 0 fully saturated rings. The summed E-state index contributed by atoms with van der Waals surface area (Å²) in [6.45, 7) is 0. The number of alkyl halides is 2. The molecule has 0 radical (unpaired) electrons. The van der Waals surface area contributed by atoms with E-state index < -0.39 is 30.4 Å². The summed E-state index contributed by atoms with van der Waals surface area (Å²) in [5.74, 6) is -1.36. The lowest BCUT2D eigenvalue weighted by Crippen LogP contribution is -2.14. The van der Waals surface area contributed by atoms with Crippen LogP contribution in [0.2, 0.25) is 0 Å². The van der Waals surface area contributed by atoms with Crippen LogP contribution in [0, 0.1) is 0 Å². The zero-order chi connectivity index (χ0) is 11.6. The van der Waals surface area contributed by atoms with E-state index in [0.717, 1.165) is 12.1 Å². The quantitative estimate of drug-likeness (QED) is 0.619. The van der Waals surface area contributed by atoms with Crippen LogP contribution >= 0.6 is 0 Å². The molecule has 6 heteroatoms. The second-order valence-corrected chi connectivity index (χ2v) is 3.13. The summed E-state index contributed by atoms with van der Waals surface area (Å²) in [5.41, 5.74) is 5.18. The summed E-state index contributed by atoms with van der Waals surface area (Å²) >= 11 is 0. The van der Waals surface area contributed by atoms with Gasteiger partial charge in [-0.25, -0.2) is 8.78 Å². The molecular weight excluding hydrogens is 208 g/mol. The summed E-state index contributed by atoms with van der Waals surface area (Å²) in [6.07, 6.45) is -3.31. The zero-order valence-electron chi connectivity index (χ0n) is 7.69. The van der Waals surface area contributed by atoms with Gasteiger partial charge in [-0.05, 0) is 0 Å². The number of nitrogens with two attached hydrogens (primary N) is 1. The second kappa shape index (κ2) is 4.31. The summed E-state index contributed by atoms with van der Waals surface area (Å²) in [5, 5.41) is 27.6. The van der Waals surface area contributed by atoms with Gasteiger partial charge >= 0.3 is 0 Å². The lowest BCUT2D eigenvalue weighted by molar-refractivity contribution is 0.127. The average Bonchev–Trinajstić information content (AvgIpc) is 1.99. The molecule has 84 valence electrons. The minimum absolute atomic E-state index is 0.187. The van der Waals surface area contributed by atoms with Crippen molar-refractivity contribution in [3.63, 3.8) is 0 Å². The number of phenols is 3. The molecule has 0 spiro atoms. The average molecular weight is 219 g/mol. The summed E-state index contributed by atoms with van der Waals surface area (Å²) in [7, 11) is 0. The minimum atomic E-state index is -2.63. The van der Waals surface area contributed by atoms with Crippen molar-refractivity contribution < 1.29 is 24.1 Å². The number of phenolic OH excluding ortho intramolecular Hbond substituents is 3. The van der Waals surface area contributed by atoms with Crippen LogP contribution in [0.4, 0.5) is 8.78 Å². The number of aromatic hydroxyl groups is 3. The predicted molar refractivity (Wildman–Crippen MR) is 49.0 cm³/mol. The van der Waals surface area contributed by atoms with Crippen molar-refractivity contribution >= 4 is 0 Å². The monoisotopic (exact) mass is 219 g/mol. The molecule has 4 nitrogen and oxygen atoms in total. The van der Waals surface area contributed by atoms with E-state index in [-0.39, 0.29) is 11.3 Å². The first kappa shape index (κ1) is 11.5. The van der Waals surface area contributed by atoms with Crippen molar-refractivity contribution in [3.05, 3.63) is 17.7 Å². The molecule has 0 saturated heterocycles. The number of hydrogen-bond acceptors (Lipinski definition) is 4. The lowest BCUT2D eigenvalue weighted by atomic mass is 10.0. The fourth-order valence-electron chi connectivity index (χ4n) is 1.30. The first-order valence-electron chi connectivity index (χ1n) is 4.20. The highest BCUT2D eigenvalue weighted by atomic mass is 19.3. The Hall–Kier alpha value is -1.56. The van der Waals surface area contributed by atoms with Crippen molar-refractivity contribution in [3.8, 4) is 17.2 Å².